The van der Waals surface area contributed by atoms with Crippen LogP contribution in [0.1, 0.15) is 38.5 Å². The van der Waals surface area contributed by atoms with Crippen molar-refractivity contribution in [1.82, 2.24) is 4.90 Å². The van der Waals surface area contributed by atoms with E-state index in [0.29, 0.717) is 12.1 Å². The highest BCUT2D eigenvalue weighted by molar-refractivity contribution is 4.86. The van der Waals surface area contributed by atoms with Gasteiger partial charge in [0, 0.05) is 32.8 Å². The van der Waals surface area contributed by atoms with Crippen LogP contribution in [0.3, 0.4) is 0 Å². The molecule has 94 valence electrons. The average molecular weight is 226 g/mol. The molecule has 1 saturated carbocycles. The van der Waals surface area contributed by atoms with E-state index >= 15 is 0 Å². The van der Waals surface area contributed by atoms with E-state index in [1.807, 2.05) is 7.11 Å². The molecule has 1 heterocycles. The van der Waals surface area contributed by atoms with E-state index in [9.17, 15) is 0 Å². The summed E-state index contributed by atoms with van der Waals surface area (Å²) >= 11 is 0. The van der Waals surface area contributed by atoms with Gasteiger partial charge in [-0.15, -0.1) is 0 Å². The number of rotatable bonds is 4. The Bertz CT molecular complexity index is 196. The lowest BCUT2D eigenvalue weighted by Crippen LogP contribution is -2.49. The van der Waals surface area contributed by atoms with Gasteiger partial charge in [-0.1, -0.05) is 12.8 Å². The molecule has 2 fully saturated rings. The summed E-state index contributed by atoms with van der Waals surface area (Å²) in [6.07, 6.45) is 8.46. The average Bonchev–Trinajstić information content (AvgIpc) is 2.85. The molecule has 0 aromatic heterocycles. The Morgan fingerprint density at radius 3 is 2.31 bits per heavy atom. The minimum absolute atomic E-state index is 0.484. The van der Waals surface area contributed by atoms with Gasteiger partial charge in [0.05, 0.1) is 6.10 Å². The van der Waals surface area contributed by atoms with Gasteiger partial charge in [-0.25, -0.2) is 0 Å². The van der Waals surface area contributed by atoms with Gasteiger partial charge in [-0.2, -0.15) is 0 Å². The van der Waals surface area contributed by atoms with Gasteiger partial charge in [0.2, 0.25) is 0 Å². The van der Waals surface area contributed by atoms with Crippen molar-refractivity contribution in [3.8, 4) is 0 Å². The van der Waals surface area contributed by atoms with Crippen molar-refractivity contribution < 1.29 is 4.74 Å². The van der Waals surface area contributed by atoms with E-state index in [1.54, 1.807) is 0 Å². The Balaban J connectivity index is 1.85. The summed E-state index contributed by atoms with van der Waals surface area (Å²) in [7, 11) is 1.83. The Hall–Kier alpha value is -0.120. The molecule has 1 unspecified atom stereocenters. The molecule has 0 radical (unpaired) electrons. The first-order valence-corrected chi connectivity index (χ1v) is 6.82. The Kier molecular flexibility index (Phi) is 4.62. The largest absolute Gasteiger partial charge is 0.381 e. The van der Waals surface area contributed by atoms with Gasteiger partial charge in [-0.3, -0.25) is 4.90 Å². The minimum Gasteiger partial charge on any atom is -0.381 e. The molecule has 0 aromatic carbocycles. The van der Waals surface area contributed by atoms with Crippen molar-refractivity contribution in [3.63, 3.8) is 0 Å². The number of ether oxygens (including phenoxy) is 1. The van der Waals surface area contributed by atoms with Crippen molar-refractivity contribution >= 4 is 0 Å². The van der Waals surface area contributed by atoms with Crippen LogP contribution >= 0.6 is 0 Å². The van der Waals surface area contributed by atoms with Gasteiger partial charge in [-0.05, 0) is 31.6 Å². The van der Waals surface area contributed by atoms with Crippen LogP contribution in [0.15, 0.2) is 0 Å². The molecule has 16 heavy (non-hydrogen) atoms. The van der Waals surface area contributed by atoms with Gasteiger partial charge < -0.3 is 10.5 Å². The van der Waals surface area contributed by atoms with Crippen molar-refractivity contribution in [1.29, 1.82) is 0 Å². The predicted octanol–water partition coefficient (Wildman–Crippen LogP) is 1.61. The van der Waals surface area contributed by atoms with E-state index in [2.05, 4.69) is 4.90 Å². The van der Waals surface area contributed by atoms with E-state index in [-0.39, 0.29) is 0 Å². The normalized spacial score (nSPS) is 27.4. The van der Waals surface area contributed by atoms with Crippen molar-refractivity contribution in [2.24, 2.45) is 11.7 Å². The first-order chi connectivity index (χ1) is 7.85. The maximum absolute atomic E-state index is 5.98. The fourth-order valence-electron chi connectivity index (χ4n) is 3.42. The maximum Gasteiger partial charge on any atom is 0.0595 e. The van der Waals surface area contributed by atoms with Crippen LogP contribution in [0.4, 0.5) is 0 Å². The molecule has 3 heteroatoms. The highest BCUT2D eigenvalue weighted by atomic mass is 16.5. The summed E-state index contributed by atoms with van der Waals surface area (Å²) < 4.78 is 5.42. The molecule has 0 amide bonds. The van der Waals surface area contributed by atoms with Crippen LogP contribution in [0.5, 0.6) is 0 Å². The Morgan fingerprint density at radius 2 is 1.81 bits per heavy atom. The van der Waals surface area contributed by atoms with Crippen molar-refractivity contribution in [2.75, 3.05) is 26.7 Å². The molecular weight excluding hydrogens is 200 g/mol. The first kappa shape index (κ1) is 12.3. The molecule has 2 N–H and O–H groups in total. The number of methoxy groups -OCH3 is 1. The minimum atomic E-state index is 0.484. The highest BCUT2D eigenvalue weighted by Gasteiger charge is 2.31. The number of hydrogen-bond acceptors (Lipinski definition) is 3. The molecule has 1 saturated heterocycles. The second-order valence-electron chi connectivity index (χ2n) is 5.32. The molecule has 0 bridgehead atoms. The third-order valence-corrected chi connectivity index (χ3v) is 4.46. The van der Waals surface area contributed by atoms with Crippen LogP contribution in [-0.4, -0.2) is 43.8 Å². The quantitative estimate of drug-likeness (QED) is 0.791. The van der Waals surface area contributed by atoms with Crippen LogP contribution in [0, 0.1) is 5.92 Å². The summed E-state index contributed by atoms with van der Waals surface area (Å²) in [5.41, 5.74) is 5.98. The smallest absolute Gasteiger partial charge is 0.0595 e. The number of nitrogens with zero attached hydrogens (tertiary/aromatic N) is 1. The third-order valence-electron chi connectivity index (χ3n) is 4.46. The maximum atomic E-state index is 5.98. The van der Waals surface area contributed by atoms with Gasteiger partial charge in [0.1, 0.15) is 0 Å². The first-order valence-electron chi connectivity index (χ1n) is 6.82. The number of nitrogens with two attached hydrogens (primary N) is 1. The lowest BCUT2D eigenvalue weighted by Gasteiger charge is -2.39. The molecule has 1 aliphatic carbocycles. The number of likely N-dealkylation sites (tertiary alicyclic amines) is 1. The zero-order valence-electron chi connectivity index (χ0n) is 10.5. The lowest BCUT2D eigenvalue weighted by atomic mass is 9.94. The summed E-state index contributed by atoms with van der Waals surface area (Å²) in [6, 6.07) is 0.639. The second-order valence-corrected chi connectivity index (χ2v) is 5.32. The van der Waals surface area contributed by atoms with Crippen LogP contribution in [-0.2, 0) is 4.74 Å². The molecule has 2 aliphatic rings. The second kappa shape index (κ2) is 5.99. The fraction of sp³-hybridized carbons (Fsp3) is 1.00. The van der Waals surface area contributed by atoms with Gasteiger partial charge >= 0.3 is 0 Å². The summed E-state index contributed by atoms with van der Waals surface area (Å²) in [6.45, 7) is 3.19. The molecule has 0 aromatic rings. The zero-order chi connectivity index (χ0) is 11.4. The van der Waals surface area contributed by atoms with Crippen molar-refractivity contribution in [3.05, 3.63) is 0 Å². The highest BCUT2D eigenvalue weighted by Crippen LogP contribution is 2.31. The fourth-order valence-corrected chi connectivity index (χ4v) is 3.42. The standard InChI is InChI=1S/C13H26N2O/c1-16-12-6-8-15(9-7-12)13(10-14)11-4-2-3-5-11/h11-13H,2-10,14H2,1H3. The van der Waals surface area contributed by atoms with E-state index in [4.69, 9.17) is 10.5 Å². The predicted molar refractivity (Wildman–Crippen MR) is 66.4 cm³/mol. The monoisotopic (exact) mass is 226 g/mol. The molecule has 0 spiro atoms. The van der Waals surface area contributed by atoms with Crippen LogP contribution in [0.2, 0.25) is 0 Å². The number of piperidine rings is 1. The van der Waals surface area contributed by atoms with Gasteiger partial charge in [0.25, 0.3) is 0 Å². The summed E-state index contributed by atoms with van der Waals surface area (Å²) in [5.74, 6) is 0.865. The molecule has 2 rings (SSSR count). The van der Waals surface area contributed by atoms with Gasteiger partial charge in [0.15, 0.2) is 0 Å². The SMILES string of the molecule is COC1CCN(C(CN)C2CCCC2)CC1. The summed E-state index contributed by atoms with van der Waals surface area (Å²) in [4.78, 5) is 2.62. The van der Waals surface area contributed by atoms with Crippen LogP contribution < -0.4 is 5.73 Å². The van der Waals surface area contributed by atoms with Crippen LogP contribution in [0.25, 0.3) is 0 Å². The molecule has 1 aliphatic heterocycles. The molecule has 3 nitrogen and oxygen atoms in total. The lowest BCUT2D eigenvalue weighted by molar-refractivity contribution is 0.0186. The Morgan fingerprint density at radius 1 is 1.19 bits per heavy atom. The molecule has 1 atom stereocenters. The topological polar surface area (TPSA) is 38.5 Å². The third kappa shape index (κ3) is 2.76. The van der Waals surface area contributed by atoms with E-state index in [0.717, 1.165) is 12.5 Å². The van der Waals surface area contributed by atoms with E-state index in [1.165, 1.54) is 51.6 Å². The number of hydrogen-bond donors (Lipinski definition) is 1. The summed E-state index contributed by atoms with van der Waals surface area (Å²) in [5, 5.41) is 0. The molecular formula is C13H26N2O. The van der Waals surface area contributed by atoms with Crippen molar-refractivity contribution in [2.45, 2.75) is 50.7 Å². The van der Waals surface area contributed by atoms with E-state index < -0.39 is 0 Å². The Labute approximate surface area is 99.3 Å². The zero-order valence-corrected chi connectivity index (χ0v) is 10.5.